The van der Waals surface area contributed by atoms with E-state index in [1.54, 1.807) is 0 Å². The first-order chi connectivity index (χ1) is 7.06. The summed E-state index contributed by atoms with van der Waals surface area (Å²) in [6.07, 6.45) is 14.4. The quantitative estimate of drug-likeness (QED) is 0.473. The van der Waals surface area contributed by atoms with Gasteiger partial charge in [-0.15, -0.1) is 17.0 Å². The summed E-state index contributed by atoms with van der Waals surface area (Å²) in [6.45, 7) is 9.32. The predicted molar refractivity (Wildman–Crippen MR) is 86.6 cm³/mol. The van der Waals surface area contributed by atoms with Crippen LogP contribution in [-0.4, -0.2) is 0 Å². The molecule has 0 unspecified atom stereocenters. The molecule has 0 bridgehead atoms. The first kappa shape index (κ1) is 22.6. The molecule has 0 aromatic rings. The molecular formula is C15H36BrN. The maximum Gasteiger partial charge on any atom is -0.0383 e. The average molecular weight is 310 g/mol. The molecule has 0 radical (unpaired) electrons. The second kappa shape index (κ2) is 14.5. The highest BCUT2D eigenvalue weighted by Crippen LogP contribution is 2.22. The second-order valence-electron chi connectivity index (χ2n) is 6.14. The van der Waals surface area contributed by atoms with Crippen molar-refractivity contribution < 1.29 is 0 Å². The fourth-order valence-electron chi connectivity index (χ4n) is 1.97. The van der Waals surface area contributed by atoms with Crippen LogP contribution in [0.1, 0.15) is 91.9 Å². The molecule has 0 fully saturated rings. The van der Waals surface area contributed by atoms with Crippen molar-refractivity contribution in [3.05, 3.63) is 0 Å². The molecule has 0 heterocycles. The van der Waals surface area contributed by atoms with Crippen molar-refractivity contribution >= 4 is 17.0 Å². The summed E-state index contributed by atoms with van der Waals surface area (Å²) in [5, 5.41) is 0. The van der Waals surface area contributed by atoms with Gasteiger partial charge in [0.1, 0.15) is 0 Å². The van der Waals surface area contributed by atoms with Crippen LogP contribution >= 0.6 is 17.0 Å². The fraction of sp³-hybridized carbons (Fsp3) is 1.00. The van der Waals surface area contributed by atoms with Crippen molar-refractivity contribution in [3.8, 4) is 0 Å². The summed E-state index contributed by atoms with van der Waals surface area (Å²) in [5.74, 6) is 0. The van der Waals surface area contributed by atoms with Crippen LogP contribution in [0, 0.1) is 5.41 Å². The first-order valence-corrected chi connectivity index (χ1v) is 7.06. The highest BCUT2D eigenvalue weighted by atomic mass is 79.9. The molecule has 0 rings (SSSR count). The maximum absolute atomic E-state index is 2.34. The van der Waals surface area contributed by atoms with Crippen molar-refractivity contribution in [1.29, 1.82) is 0 Å². The predicted octanol–water partition coefficient (Wildman–Crippen LogP) is 6.69. The lowest BCUT2D eigenvalue weighted by Gasteiger charge is -2.17. The summed E-state index contributed by atoms with van der Waals surface area (Å²) in [4.78, 5) is 0. The number of unbranched alkanes of at least 4 members (excludes halogenated alkanes) is 8. The Balaban J connectivity index is -0.000000980. The van der Waals surface area contributed by atoms with E-state index < -0.39 is 0 Å². The maximum atomic E-state index is 2.34. The Morgan fingerprint density at radius 1 is 0.647 bits per heavy atom. The minimum Gasteiger partial charge on any atom is -0.344 e. The van der Waals surface area contributed by atoms with Crippen molar-refractivity contribution in [3.63, 3.8) is 0 Å². The van der Waals surface area contributed by atoms with Crippen LogP contribution in [0.4, 0.5) is 0 Å². The number of halogens is 1. The van der Waals surface area contributed by atoms with Gasteiger partial charge >= 0.3 is 0 Å². The van der Waals surface area contributed by atoms with Crippen molar-refractivity contribution in [2.24, 2.45) is 5.41 Å². The number of rotatable bonds is 9. The molecule has 1 nitrogen and oxygen atoms in total. The van der Waals surface area contributed by atoms with Gasteiger partial charge < -0.3 is 6.15 Å². The van der Waals surface area contributed by atoms with E-state index in [2.05, 4.69) is 27.7 Å². The molecule has 0 aliphatic rings. The van der Waals surface area contributed by atoms with Gasteiger partial charge in [-0.1, -0.05) is 85.5 Å². The smallest absolute Gasteiger partial charge is 0.0383 e. The van der Waals surface area contributed by atoms with Crippen LogP contribution in [0.2, 0.25) is 0 Å². The van der Waals surface area contributed by atoms with E-state index in [0.29, 0.717) is 5.41 Å². The monoisotopic (exact) mass is 309 g/mol. The van der Waals surface area contributed by atoms with Crippen molar-refractivity contribution in [2.75, 3.05) is 0 Å². The zero-order valence-electron chi connectivity index (χ0n) is 12.7. The normalized spacial score (nSPS) is 10.6. The Bertz CT molecular complexity index is 129. The average Bonchev–Trinajstić information content (AvgIpc) is 2.14. The lowest BCUT2D eigenvalue weighted by Crippen LogP contribution is -2.03. The highest BCUT2D eigenvalue weighted by Gasteiger charge is 2.08. The molecular weight excluding hydrogens is 274 g/mol. The lowest BCUT2D eigenvalue weighted by atomic mass is 9.89. The molecule has 0 aromatic heterocycles. The van der Waals surface area contributed by atoms with E-state index in [1.165, 1.54) is 64.2 Å². The molecule has 0 aromatic carbocycles. The summed E-state index contributed by atoms with van der Waals surface area (Å²) in [6, 6.07) is 0. The van der Waals surface area contributed by atoms with Crippen LogP contribution in [-0.2, 0) is 0 Å². The van der Waals surface area contributed by atoms with Gasteiger partial charge in [-0.2, -0.15) is 0 Å². The highest BCUT2D eigenvalue weighted by molar-refractivity contribution is 8.93. The van der Waals surface area contributed by atoms with E-state index in [-0.39, 0.29) is 23.1 Å². The Morgan fingerprint density at radius 2 is 1.00 bits per heavy atom. The van der Waals surface area contributed by atoms with Gasteiger partial charge in [0.25, 0.3) is 0 Å². The van der Waals surface area contributed by atoms with Crippen LogP contribution in [0.5, 0.6) is 0 Å². The van der Waals surface area contributed by atoms with Crippen LogP contribution in [0.25, 0.3) is 0 Å². The van der Waals surface area contributed by atoms with E-state index in [9.17, 15) is 0 Å². The standard InChI is InChI=1S/C15H32.BrH.H3N/c1-5-6-7-8-9-10-11-12-13-14-15(2,3)4;;/h5-14H2,1-4H3;1H;1H3. The Kier molecular flexibility index (Phi) is 19.3. The lowest BCUT2D eigenvalue weighted by molar-refractivity contribution is 0.356. The van der Waals surface area contributed by atoms with Gasteiger partial charge in [0.05, 0.1) is 0 Å². The molecule has 17 heavy (non-hydrogen) atoms. The second-order valence-corrected chi connectivity index (χ2v) is 6.14. The molecule has 108 valence electrons. The van der Waals surface area contributed by atoms with Gasteiger partial charge in [0, 0.05) is 0 Å². The SMILES string of the molecule is Br.CCCCCCCCCCCC(C)(C)C.N. The van der Waals surface area contributed by atoms with Crippen LogP contribution in [0.3, 0.4) is 0 Å². The first-order valence-electron chi connectivity index (χ1n) is 7.06. The van der Waals surface area contributed by atoms with Crippen molar-refractivity contribution in [2.45, 2.75) is 91.9 Å². The summed E-state index contributed by atoms with van der Waals surface area (Å²) >= 11 is 0. The van der Waals surface area contributed by atoms with Gasteiger partial charge in [-0.05, 0) is 11.8 Å². The number of hydrogen-bond acceptors (Lipinski definition) is 1. The van der Waals surface area contributed by atoms with Crippen LogP contribution < -0.4 is 6.15 Å². The van der Waals surface area contributed by atoms with E-state index in [4.69, 9.17) is 0 Å². The molecule has 2 heteroatoms. The van der Waals surface area contributed by atoms with E-state index in [1.807, 2.05) is 0 Å². The molecule has 0 atom stereocenters. The summed E-state index contributed by atoms with van der Waals surface area (Å²) < 4.78 is 0. The van der Waals surface area contributed by atoms with Crippen molar-refractivity contribution in [1.82, 2.24) is 6.15 Å². The molecule has 0 amide bonds. The third kappa shape index (κ3) is 22.2. The van der Waals surface area contributed by atoms with E-state index >= 15 is 0 Å². The van der Waals surface area contributed by atoms with E-state index in [0.717, 1.165) is 0 Å². The topological polar surface area (TPSA) is 35.0 Å². The van der Waals surface area contributed by atoms with Gasteiger partial charge in [0.15, 0.2) is 0 Å². The largest absolute Gasteiger partial charge is 0.344 e. The Hall–Kier alpha value is 0.440. The zero-order valence-corrected chi connectivity index (χ0v) is 14.4. The van der Waals surface area contributed by atoms with Gasteiger partial charge in [-0.3, -0.25) is 0 Å². The Morgan fingerprint density at radius 3 is 1.35 bits per heavy atom. The third-order valence-electron chi connectivity index (χ3n) is 3.03. The number of hydrogen-bond donors (Lipinski definition) is 1. The summed E-state index contributed by atoms with van der Waals surface area (Å²) in [5.41, 5.74) is 0.543. The molecule has 0 saturated heterocycles. The molecule has 0 aliphatic heterocycles. The summed E-state index contributed by atoms with van der Waals surface area (Å²) in [7, 11) is 0. The van der Waals surface area contributed by atoms with Crippen LogP contribution in [0.15, 0.2) is 0 Å². The third-order valence-corrected chi connectivity index (χ3v) is 3.03. The molecule has 0 spiro atoms. The zero-order chi connectivity index (χ0) is 11.6. The van der Waals surface area contributed by atoms with Gasteiger partial charge in [0.2, 0.25) is 0 Å². The minimum absolute atomic E-state index is 0. The Labute approximate surface area is 120 Å². The minimum atomic E-state index is 0. The fourth-order valence-corrected chi connectivity index (χ4v) is 1.97. The molecule has 0 aliphatic carbocycles. The molecule has 3 N–H and O–H groups in total. The molecule has 0 saturated carbocycles. The van der Waals surface area contributed by atoms with Gasteiger partial charge in [-0.25, -0.2) is 0 Å².